The van der Waals surface area contributed by atoms with E-state index in [1.165, 1.54) is 11.2 Å². The summed E-state index contributed by atoms with van der Waals surface area (Å²) < 4.78 is 4.85. The van der Waals surface area contributed by atoms with Crippen molar-refractivity contribution in [2.75, 3.05) is 11.9 Å². The van der Waals surface area contributed by atoms with Crippen LogP contribution in [0.1, 0.15) is 0 Å². The standard InChI is InChI=1S/C6H6NO2/c1-7(5-8)6-3-2-4-9-6/h2-4H,1H3. The minimum Gasteiger partial charge on any atom is -0.448 e. The summed E-state index contributed by atoms with van der Waals surface area (Å²) in [6, 6.07) is 3.40. The maximum atomic E-state index is 9.94. The highest BCUT2D eigenvalue weighted by atomic mass is 16.3. The van der Waals surface area contributed by atoms with Gasteiger partial charge in [0.15, 0.2) is 0 Å². The fourth-order valence-electron chi connectivity index (χ4n) is 0.506. The fourth-order valence-corrected chi connectivity index (χ4v) is 0.506. The maximum Gasteiger partial charge on any atom is 0.319 e. The minimum absolute atomic E-state index is 0.505. The molecule has 1 rings (SSSR count). The number of rotatable bonds is 2. The van der Waals surface area contributed by atoms with Gasteiger partial charge >= 0.3 is 6.41 Å². The molecule has 0 N–H and O–H groups in total. The van der Waals surface area contributed by atoms with Crippen molar-refractivity contribution in [2.45, 2.75) is 0 Å². The Morgan fingerprint density at radius 2 is 2.56 bits per heavy atom. The largest absolute Gasteiger partial charge is 0.448 e. The molecule has 3 nitrogen and oxygen atoms in total. The Morgan fingerprint density at radius 3 is 3.00 bits per heavy atom. The van der Waals surface area contributed by atoms with Crippen molar-refractivity contribution in [1.82, 2.24) is 0 Å². The minimum atomic E-state index is 0.505. The molecule has 0 bridgehead atoms. The van der Waals surface area contributed by atoms with Crippen LogP contribution in [-0.2, 0) is 4.79 Å². The molecule has 0 aliphatic rings. The number of anilines is 1. The zero-order chi connectivity index (χ0) is 6.69. The normalized spacial score (nSPS) is 9.00. The lowest BCUT2D eigenvalue weighted by Gasteiger charge is -2.01. The molecule has 0 aliphatic heterocycles. The van der Waals surface area contributed by atoms with E-state index in [-0.39, 0.29) is 0 Å². The first-order valence-electron chi connectivity index (χ1n) is 2.49. The van der Waals surface area contributed by atoms with Crippen LogP contribution in [-0.4, -0.2) is 13.5 Å². The summed E-state index contributed by atoms with van der Waals surface area (Å²) in [6.07, 6.45) is 3.16. The average Bonchev–Trinajstić information content (AvgIpc) is 2.37. The van der Waals surface area contributed by atoms with Gasteiger partial charge in [-0.2, -0.15) is 0 Å². The number of nitrogens with zero attached hydrogens (tertiary/aromatic N) is 1. The van der Waals surface area contributed by atoms with Crippen LogP contribution in [0.15, 0.2) is 22.8 Å². The summed E-state index contributed by atoms with van der Waals surface area (Å²) in [6.45, 7) is 0. The Bertz CT molecular complexity index is 181. The van der Waals surface area contributed by atoms with Crippen LogP contribution in [0.2, 0.25) is 0 Å². The highest BCUT2D eigenvalue weighted by Crippen LogP contribution is 2.09. The molecule has 47 valence electrons. The molecule has 1 amide bonds. The molecule has 0 spiro atoms. The van der Waals surface area contributed by atoms with Gasteiger partial charge in [-0.15, -0.1) is 0 Å². The average molecular weight is 124 g/mol. The maximum absolute atomic E-state index is 9.94. The van der Waals surface area contributed by atoms with Crippen LogP contribution in [0, 0.1) is 0 Å². The molecule has 1 aromatic rings. The SMILES string of the molecule is CN([C]=O)c1ccco1. The van der Waals surface area contributed by atoms with E-state index in [1.54, 1.807) is 25.6 Å². The molecule has 0 saturated carbocycles. The van der Waals surface area contributed by atoms with Crippen LogP contribution >= 0.6 is 0 Å². The summed E-state index contributed by atoms with van der Waals surface area (Å²) in [5.74, 6) is 0.505. The van der Waals surface area contributed by atoms with Gasteiger partial charge in [0.2, 0.25) is 5.88 Å². The first kappa shape index (κ1) is 5.88. The number of furan rings is 1. The second-order valence-electron chi connectivity index (χ2n) is 1.60. The van der Waals surface area contributed by atoms with Crippen molar-refractivity contribution in [2.24, 2.45) is 0 Å². The summed E-state index contributed by atoms with van der Waals surface area (Å²) in [4.78, 5) is 11.2. The van der Waals surface area contributed by atoms with Crippen molar-refractivity contribution < 1.29 is 9.21 Å². The van der Waals surface area contributed by atoms with E-state index < -0.39 is 0 Å². The van der Waals surface area contributed by atoms with E-state index >= 15 is 0 Å². The lowest BCUT2D eigenvalue weighted by atomic mass is 10.6. The molecular weight excluding hydrogens is 118 g/mol. The molecular formula is C6H6NO2. The zero-order valence-corrected chi connectivity index (χ0v) is 5.00. The number of hydrogen-bond acceptors (Lipinski definition) is 2. The number of carbonyl (C=O) groups excluding carboxylic acids is 1. The molecule has 1 heterocycles. The Morgan fingerprint density at radius 1 is 1.78 bits per heavy atom. The topological polar surface area (TPSA) is 33.5 Å². The summed E-state index contributed by atoms with van der Waals surface area (Å²) >= 11 is 0. The molecule has 0 unspecified atom stereocenters. The van der Waals surface area contributed by atoms with E-state index in [0.29, 0.717) is 5.88 Å². The van der Waals surface area contributed by atoms with Gasteiger partial charge in [-0.05, 0) is 6.07 Å². The predicted molar refractivity (Wildman–Crippen MR) is 32.8 cm³/mol. The molecule has 1 aromatic heterocycles. The summed E-state index contributed by atoms with van der Waals surface area (Å²) in [5, 5.41) is 0. The van der Waals surface area contributed by atoms with Gasteiger partial charge in [0, 0.05) is 13.1 Å². The van der Waals surface area contributed by atoms with Gasteiger partial charge in [0.1, 0.15) is 0 Å². The molecule has 3 heteroatoms. The zero-order valence-electron chi connectivity index (χ0n) is 5.00. The first-order valence-corrected chi connectivity index (χ1v) is 2.49. The van der Waals surface area contributed by atoms with Crippen LogP contribution in [0.5, 0.6) is 0 Å². The lowest BCUT2D eigenvalue weighted by molar-refractivity contribution is 0.537. The molecule has 0 saturated heterocycles. The Balaban J connectivity index is 2.76. The van der Waals surface area contributed by atoms with Gasteiger partial charge in [0.05, 0.1) is 6.26 Å². The van der Waals surface area contributed by atoms with E-state index in [0.717, 1.165) is 0 Å². The van der Waals surface area contributed by atoms with E-state index in [2.05, 4.69) is 0 Å². The van der Waals surface area contributed by atoms with Gasteiger partial charge in [0.25, 0.3) is 0 Å². The predicted octanol–water partition coefficient (Wildman–Crippen LogP) is 0.783. The fraction of sp³-hybridized carbons (Fsp3) is 0.167. The smallest absolute Gasteiger partial charge is 0.319 e. The second-order valence-corrected chi connectivity index (χ2v) is 1.60. The van der Waals surface area contributed by atoms with E-state index in [1.807, 2.05) is 0 Å². The Hall–Kier alpha value is -1.25. The van der Waals surface area contributed by atoms with Gasteiger partial charge in [-0.25, -0.2) is 0 Å². The van der Waals surface area contributed by atoms with E-state index in [9.17, 15) is 4.79 Å². The molecule has 0 atom stereocenters. The molecule has 0 aliphatic carbocycles. The summed E-state index contributed by atoms with van der Waals surface area (Å²) in [7, 11) is 1.58. The molecule has 0 aromatic carbocycles. The summed E-state index contributed by atoms with van der Waals surface area (Å²) in [5.41, 5.74) is 0. The van der Waals surface area contributed by atoms with Crippen LogP contribution < -0.4 is 4.90 Å². The van der Waals surface area contributed by atoms with Crippen LogP contribution in [0.4, 0.5) is 5.88 Å². The number of amides is 1. The quantitative estimate of drug-likeness (QED) is 0.546. The Labute approximate surface area is 52.9 Å². The number of hydrogen-bond donors (Lipinski definition) is 0. The monoisotopic (exact) mass is 124 g/mol. The molecule has 1 radical (unpaired) electrons. The van der Waals surface area contributed by atoms with Gasteiger partial charge < -0.3 is 4.42 Å². The van der Waals surface area contributed by atoms with Crippen LogP contribution in [0.25, 0.3) is 0 Å². The van der Waals surface area contributed by atoms with Crippen molar-refractivity contribution >= 4 is 12.3 Å². The highest BCUT2D eigenvalue weighted by molar-refractivity contribution is 5.71. The second kappa shape index (κ2) is 2.35. The van der Waals surface area contributed by atoms with Crippen LogP contribution in [0.3, 0.4) is 0 Å². The molecule has 0 fully saturated rings. The molecule has 9 heavy (non-hydrogen) atoms. The van der Waals surface area contributed by atoms with Gasteiger partial charge in [-0.1, -0.05) is 0 Å². The van der Waals surface area contributed by atoms with E-state index in [4.69, 9.17) is 4.42 Å². The van der Waals surface area contributed by atoms with Crippen molar-refractivity contribution in [3.8, 4) is 0 Å². The Kier molecular flexibility index (Phi) is 1.53. The van der Waals surface area contributed by atoms with Gasteiger partial charge in [-0.3, -0.25) is 9.69 Å². The third kappa shape index (κ3) is 1.10. The van der Waals surface area contributed by atoms with Crippen molar-refractivity contribution in [1.29, 1.82) is 0 Å². The lowest BCUT2D eigenvalue weighted by Crippen LogP contribution is -2.12. The first-order chi connectivity index (χ1) is 4.34. The third-order valence-electron chi connectivity index (χ3n) is 0.974. The van der Waals surface area contributed by atoms with Crippen molar-refractivity contribution in [3.05, 3.63) is 18.4 Å². The highest BCUT2D eigenvalue weighted by Gasteiger charge is 1.99. The third-order valence-corrected chi connectivity index (χ3v) is 0.974. The van der Waals surface area contributed by atoms with Crippen molar-refractivity contribution in [3.63, 3.8) is 0 Å².